The van der Waals surface area contributed by atoms with Crippen molar-refractivity contribution in [2.75, 3.05) is 41.8 Å². The molecular formula is C27H31F2N7O2. The number of carbonyl (C=O) groups is 2. The summed E-state index contributed by atoms with van der Waals surface area (Å²) in [7, 11) is 1.44. The quantitative estimate of drug-likeness (QED) is 0.518. The molecule has 2 aromatic rings. The van der Waals surface area contributed by atoms with Gasteiger partial charge in [0.05, 0.1) is 18.4 Å². The molecule has 1 saturated heterocycles. The van der Waals surface area contributed by atoms with Crippen molar-refractivity contribution in [3.8, 4) is 12.3 Å². The first-order valence-electron chi connectivity index (χ1n) is 13.0. The molecule has 2 atom stereocenters. The molecule has 9 nitrogen and oxygen atoms in total. The summed E-state index contributed by atoms with van der Waals surface area (Å²) in [4.78, 5) is 37.2. The molecule has 3 N–H and O–H groups in total. The van der Waals surface area contributed by atoms with Gasteiger partial charge in [-0.3, -0.25) is 9.59 Å². The van der Waals surface area contributed by atoms with Crippen molar-refractivity contribution >= 4 is 35.0 Å². The van der Waals surface area contributed by atoms with Crippen molar-refractivity contribution < 1.29 is 18.4 Å². The lowest BCUT2D eigenvalue weighted by molar-refractivity contribution is -0.125. The molecular weight excluding hydrogens is 492 g/mol. The smallest absolute Gasteiger partial charge is 0.279 e. The van der Waals surface area contributed by atoms with Gasteiger partial charge in [-0.05, 0) is 50.4 Å². The average Bonchev–Trinajstić information content (AvgIpc) is 3.45. The van der Waals surface area contributed by atoms with E-state index in [1.807, 2.05) is 5.92 Å². The van der Waals surface area contributed by atoms with Crippen LogP contribution in [0.4, 0.5) is 31.9 Å². The fourth-order valence-electron chi connectivity index (χ4n) is 5.37. The third-order valence-corrected chi connectivity index (χ3v) is 7.52. The maximum Gasteiger partial charge on any atom is 0.279 e. The number of aromatic nitrogens is 2. The number of terminal acetylenes is 1. The fraction of sp³-hybridized carbons (Fsp3) is 0.481. The van der Waals surface area contributed by atoms with Crippen LogP contribution >= 0.6 is 0 Å². The van der Waals surface area contributed by atoms with E-state index in [1.54, 1.807) is 4.90 Å². The van der Waals surface area contributed by atoms with Gasteiger partial charge in [0.1, 0.15) is 11.5 Å². The number of alkyl halides is 1. The molecule has 1 aromatic carbocycles. The molecule has 5 rings (SSSR count). The Labute approximate surface area is 220 Å². The van der Waals surface area contributed by atoms with Crippen molar-refractivity contribution in [1.82, 2.24) is 20.6 Å². The topological polar surface area (TPSA) is 102 Å². The second-order valence-electron chi connectivity index (χ2n) is 10.1. The average molecular weight is 524 g/mol. The Morgan fingerprint density at radius 2 is 2.05 bits per heavy atom. The largest absolute Gasteiger partial charge is 0.348 e. The van der Waals surface area contributed by atoms with Gasteiger partial charge in [-0.2, -0.15) is 4.98 Å². The highest BCUT2D eigenvalue weighted by Gasteiger charge is 2.47. The highest BCUT2D eigenvalue weighted by atomic mass is 19.1. The Morgan fingerprint density at radius 3 is 2.74 bits per heavy atom. The summed E-state index contributed by atoms with van der Waals surface area (Å²) in [5.41, 5.74) is -1.90. The third kappa shape index (κ3) is 5.00. The minimum Gasteiger partial charge on any atom is -0.348 e. The summed E-state index contributed by atoms with van der Waals surface area (Å²) in [6.07, 6.45) is 12.3. The Bertz CT molecular complexity index is 1270. The summed E-state index contributed by atoms with van der Waals surface area (Å²) < 4.78 is 30.6. The molecule has 2 aliphatic heterocycles. The SMILES string of the molecule is C#C[C@@]1(F)CN(C2CCCC2)c2nc(Nc3ccc(C(=O)N[C@@H]4CCCNC4)cc3F)ncc2N(C)C1=O. The zero-order valence-electron chi connectivity index (χ0n) is 21.3. The summed E-state index contributed by atoms with van der Waals surface area (Å²) in [5, 5.41) is 9.02. The van der Waals surface area contributed by atoms with Gasteiger partial charge < -0.3 is 25.8 Å². The fourth-order valence-corrected chi connectivity index (χ4v) is 5.37. The number of amides is 2. The van der Waals surface area contributed by atoms with E-state index in [2.05, 4.69) is 25.9 Å². The molecule has 11 heteroatoms. The summed E-state index contributed by atoms with van der Waals surface area (Å²) in [6.45, 7) is 1.29. The lowest BCUT2D eigenvalue weighted by Gasteiger charge is -2.31. The maximum atomic E-state index is 15.6. The van der Waals surface area contributed by atoms with Gasteiger partial charge in [0, 0.05) is 31.2 Å². The zero-order valence-corrected chi connectivity index (χ0v) is 21.3. The highest BCUT2D eigenvalue weighted by Crippen LogP contribution is 2.39. The van der Waals surface area contributed by atoms with Crippen molar-refractivity contribution in [3.63, 3.8) is 0 Å². The number of halogens is 2. The normalized spacial score (nSPS) is 23.9. The monoisotopic (exact) mass is 523 g/mol. The van der Waals surface area contributed by atoms with E-state index in [-0.39, 0.29) is 41.7 Å². The third-order valence-electron chi connectivity index (χ3n) is 7.52. The number of hydrogen-bond acceptors (Lipinski definition) is 7. The van der Waals surface area contributed by atoms with Crippen LogP contribution < -0.4 is 25.8 Å². The Morgan fingerprint density at radius 1 is 1.26 bits per heavy atom. The van der Waals surface area contributed by atoms with Crippen molar-refractivity contribution in [1.29, 1.82) is 0 Å². The van der Waals surface area contributed by atoms with E-state index in [0.717, 1.165) is 50.0 Å². The Balaban J connectivity index is 1.40. The molecule has 1 saturated carbocycles. The van der Waals surface area contributed by atoms with E-state index in [0.29, 0.717) is 18.1 Å². The zero-order chi connectivity index (χ0) is 26.9. The van der Waals surface area contributed by atoms with Crippen LogP contribution in [0.25, 0.3) is 0 Å². The first-order chi connectivity index (χ1) is 18.3. The molecule has 3 heterocycles. The van der Waals surface area contributed by atoms with Crippen LogP contribution in [0.15, 0.2) is 24.4 Å². The summed E-state index contributed by atoms with van der Waals surface area (Å²) in [6, 6.07) is 4.12. The number of carbonyl (C=O) groups excluding carboxylic acids is 2. The van der Waals surface area contributed by atoms with Gasteiger partial charge in [0.25, 0.3) is 17.5 Å². The van der Waals surface area contributed by atoms with Crippen molar-refractivity contribution in [3.05, 3.63) is 35.8 Å². The van der Waals surface area contributed by atoms with Crippen LogP contribution in [0.5, 0.6) is 0 Å². The van der Waals surface area contributed by atoms with E-state index in [9.17, 15) is 9.59 Å². The van der Waals surface area contributed by atoms with Crippen molar-refractivity contribution in [2.45, 2.75) is 56.3 Å². The number of fused-ring (bicyclic) bond motifs is 1. The molecule has 0 bridgehead atoms. The van der Waals surface area contributed by atoms with E-state index < -0.39 is 17.4 Å². The highest BCUT2D eigenvalue weighted by molar-refractivity contribution is 6.05. The molecule has 0 unspecified atom stereocenters. The number of anilines is 4. The van der Waals surface area contributed by atoms with Gasteiger partial charge in [0.2, 0.25) is 5.95 Å². The number of piperidine rings is 1. The molecule has 1 aromatic heterocycles. The van der Waals surface area contributed by atoms with Gasteiger partial charge in [-0.25, -0.2) is 13.8 Å². The molecule has 2 amide bonds. The molecule has 0 radical (unpaired) electrons. The number of hydrogen-bond donors (Lipinski definition) is 3. The van der Waals surface area contributed by atoms with Crippen LogP contribution in [0.2, 0.25) is 0 Å². The van der Waals surface area contributed by atoms with Crippen LogP contribution in [0.1, 0.15) is 48.9 Å². The van der Waals surface area contributed by atoms with Crippen molar-refractivity contribution in [2.24, 2.45) is 0 Å². The number of benzene rings is 1. The van der Waals surface area contributed by atoms with Gasteiger partial charge in [-0.1, -0.05) is 18.8 Å². The Kier molecular flexibility index (Phi) is 7.17. The minimum atomic E-state index is -2.51. The van der Waals surface area contributed by atoms with E-state index in [1.165, 1.54) is 31.4 Å². The first kappa shape index (κ1) is 25.9. The second kappa shape index (κ2) is 10.5. The lowest BCUT2D eigenvalue weighted by Crippen LogP contribution is -2.50. The van der Waals surface area contributed by atoms with Gasteiger partial charge in [0.15, 0.2) is 5.82 Å². The second-order valence-corrected chi connectivity index (χ2v) is 10.1. The molecule has 1 aliphatic carbocycles. The number of nitrogens with one attached hydrogen (secondary N) is 3. The standard InChI is InChI=1S/C27H31F2N7O2/c1-3-27(29)16-36(19-8-4-5-9-19)23-22(35(2)25(27)38)15-31-26(34-23)33-21-11-10-17(13-20(21)28)24(37)32-18-7-6-12-30-14-18/h1,10-11,13,15,18-19,30H,4-9,12,14,16H2,2H3,(H,32,37)(H,31,33,34)/t18-,27-/m1/s1. The van der Waals surface area contributed by atoms with Crippen LogP contribution in [-0.4, -0.2) is 66.2 Å². The predicted octanol–water partition coefficient (Wildman–Crippen LogP) is 2.91. The molecule has 0 spiro atoms. The number of rotatable bonds is 5. The summed E-state index contributed by atoms with van der Waals surface area (Å²) in [5.74, 6) is 0.637. The Hall–Kier alpha value is -3.78. The minimum absolute atomic E-state index is 0.00967. The predicted molar refractivity (Wildman–Crippen MR) is 141 cm³/mol. The van der Waals surface area contributed by atoms with Crippen LogP contribution in [0, 0.1) is 18.2 Å². The first-order valence-corrected chi connectivity index (χ1v) is 13.0. The molecule has 200 valence electrons. The van der Waals surface area contributed by atoms with E-state index in [4.69, 9.17) is 6.42 Å². The van der Waals surface area contributed by atoms with Gasteiger partial charge in [-0.15, -0.1) is 6.42 Å². The van der Waals surface area contributed by atoms with E-state index >= 15 is 8.78 Å². The lowest BCUT2D eigenvalue weighted by atomic mass is 10.0. The van der Waals surface area contributed by atoms with Crippen LogP contribution in [-0.2, 0) is 4.79 Å². The maximum absolute atomic E-state index is 15.6. The molecule has 3 aliphatic rings. The summed E-state index contributed by atoms with van der Waals surface area (Å²) >= 11 is 0. The van der Waals surface area contributed by atoms with Crippen LogP contribution in [0.3, 0.4) is 0 Å². The number of nitrogens with zero attached hydrogens (tertiary/aromatic N) is 4. The molecule has 2 fully saturated rings. The van der Waals surface area contributed by atoms with Gasteiger partial charge >= 0.3 is 0 Å². The molecule has 38 heavy (non-hydrogen) atoms.